The number of pyridine rings is 1. The zero-order valence-electron chi connectivity index (χ0n) is 14.1. The number of primary amides is 1. The third kappa shape index (κ3) is 3.56. The first-order valence-corrected chi connectivity index (χ1v) is 7.80. The third-order valence-electron chi connectivity index (χ3n) is 3.80. The maximum Gasteiger partial charge on any atom is 0.265 e. The van der Waals surface area contributed by atoms with Crippen LogP contribution >= 0.6 is 0 Å². The average molecular weight is 339 g/mol. The fraction of sp³-hybridized carbons (Fsp3) is 0.222. The molecule has 4 N–H and O–H groups in total. The summed E-state index contributed by atoms with van der Waals surface area (Å²) in [5, 5.41) is 0.884. The first kappa shape index (κ1) is 16.8. The molecule has 25 heavy (non-hydrogen) atoms. The number of hydrogen-bond donors (Lipinski definition) is 3. The predicted molar refractivity (Wildman–Crippen MR) is 95.8 cm³/mol. The molecule has 0 bridgehead atoms. The molecule has 1 aromatic carbocycles. The molecule has 0 atom stereocenters. The summed E-state index contributed by atoms with van der Waals surface area (Å²) in [6.07, 6.45) is 0. The summed E-state index contributed by atoms with van der Waals surface area (Å²) in [6, 6.07) is 11.7. The van der Waals surface area contributed by atoms with E-state index in [2.05, 4.69) is 16.0 Å². The number of nitrogens with zero attached hydrogens (tertiary/aromatic N) is 1. The predicted octanol–water partition coefficient (Wildman–Crippen LogP) is 1.36. The molecule has 0 aliphatic heterocycles. The second-order valence-corrected chi connectivity index (χ2v) is 5.95. The molecule has 0 fully saturated rings. The molecule has 129 valence electrons. The number of amides is 1. The minimum atomic E-state index is -0.725. The van der Waals surface area contributed by atoms with E-state index in [9.17, 15) is 9.59 Å². The Morgan fingerprint density at radius 2 is 2.12 bits per heavy atom. The highest BCUT2D eigenvalue weighted by atomic mass is 16.5. The van der Waals surface area contributed by atoms with Gasteiger partial charge in [0, 0.05) is 23.5 Å². The van der Waals surface area contributed by atoms with Crippen molar-refractivity contribution in [1.82, 2.24) is 14.9 Å². The van der Waals surface area contributed by atoms with Crippen LogP contribution in [0.4, 0.5) is 0 Å². The number of hydrogen-bond acceptors (Lipinski definition) is 4. The van der Waals surface area contributed by atoms with Gasteiger partial charge in [0.25, 0.3) is 11.5 Å². The Morgan fingerprint density at radius 3 is 2.80 bits per heavy atom. The lowest BCUT2D eigenvalue weighted by Crippen LogP contribution is -2.19. The highest BCUT2D eigenvalue weighted by Gasteiger charge is 2.12. The van der Waals surface area contributed by atoms with Crippen LogP contribution in [0.25, 0.3) is 22.2 Å². The first-order valence-electron chi connectivity index (χ1n) is 7.80. The van der Waals surface area contributed by atoms with E-state index in [-0.39, 0.29) is 5.69 Å². The average Bonchev–Trinajstić information content (AvgIpc) is 2.99. The van der Waals surface area contributed by atoms with E-state index in [4.69, 9.17) is 10.5 Å². The van der Waals surface area contributed by atoms with Crippen molar-refractivity contribution in [3.63, 3.8) is 0 Å². The monoisotopic (exact) mass is 339 g/mol. The number of likely N-dealkylation sites (N-methyl/N-ethyl adjacent to an activating group) is 1. The summed E-state index contributed by atoms with van der Waals surface area (Å²) in [7, 11) is 3.97. The number of fused-ring (bicyclic) bond motifs is 1. The molecule has 0 unspecified atom stereocenters. The number of rotatable bonds is 6. The van der Waals surface area contributed by atoms with E-state index < -0.39 is 11.5 Å². The minimum absolute atomic E-state index is 0.0439. The number of aromatic amines is 2. The Hall–Kier alpha value is -3.06. The smallest absolute Gasteiger partial charge is 0.265 e. The molecule has 7 nitrogen and oxygen atoms in total. The Balaban J connectivity index is 1.96. The number of nitrogens with one attached hydrogen (secondary N) is 2. The molecular formula is C18H19N4O3. The maximum absolute atomic E-state index is 12.2. The van der Waals surface area contributed by atoms with Crippen molar-refractivity contribution >= 4 is 16.8 Å². The zero-order valence-corrected chi connectivity index (χ0v) is 14.1. The second kappa shape index (κ2) is 6.82. The molecule has 0 aliphatic rings. The summed E-state index contributed by atoms with van der Waals surface area (Å²) >= 11 is 0. The van der Waals surface area contributed by atoms with Gasteiger partial charge < -0.3 is 25.3 Å². The SMILES string of the molecule is CN(C)CCOc1cccc2[nH]c(-c3c[c]c(C(N)=O)[nH]c3=O)cc12. The molecule has 0 saturated carbocycles. The van der Waals surface area contributed by atoms with Crippen LogP contribution in [0.5, 0.6) is 5.75 Å². The lowest BCUT2D eigenvalue weighted by Gasteiger charge is -2.11. The van der Waals surface area contributed by atoms with Gasteiger partial charge in [-0.15, -0.1) is 0 Å². The molecule has 0 aliphatic carbocycles. The number of H-pyrrole nitrogens is 2. The van der Waals surface area contributed by atoms with Gasteiger partial charge >= 0.3 is 0 Å². The zero-order chi connectivity index (χ0) is 18.0. The van der Waals surface area contributed by atoms with Crippen molar-refractivity contribution in [3.8, 4) is 17.0 Å². The molecule has 0 spiro atoms. The quantitative estimate of drug-likeness (QED) is 0.631. The fourth-order valence-corrected chi connectivity index (χ4v) is 2.50. The van der Waals surface area contributed by atoms with Gasteiger partial charge in [0.15, 0.2) is 0 Å². The van der Waals surface area contributed by atoms with Crippen LogP contribution in [0.2, 0.25) is 0 Å². The van der Waals surface area contributed by atoms with Crippen LogP contribution < -0.4 is 16.0 Å². The van der Waals surface area contributed by atoms with Crippen molar-refractivity contribution in [1.29, 1.82) is 0 Å². The molecule has 3 aromatic rings. The van der Waals surface area contributed by atoms with E-state index in [0.717, 1.165) is 23.2 Å². The first-order chi connectivity index (χ1) is 12.0. The van der Waals surface area contributed by atoms with E-state index in [1.807, 2.05) is 43.3 Å². The van der Waals surface area contributed by atoms with Crippen LogP contribution in [0.15, 0.2) is 35.1 Å². The minimum Gasteiger partial charge on any atom is -0.492 e. The van der Waals surface area contributed by atoms with Crippen molar-refractivity contribution in [2.45, 2.75) is 0 Å². The lowest BCUT2D eigenvalue weighted by molar-refractivity contribution is 0.0995. The molecule has 7 heteroatoms. The summed E-state index contributed by atoms with van der Waals surface area (Å²) in [4.78, 5) is 31.0. The molecule has 2 heterocycles. The second-order valence-electron chi connectivity index (χ2n) is 5.95. The van der Waals surface area contributed by atoms with Crippen molar-refractivity contribution in [2.75, 3.05) is 27.2 Å². The van der Waals surface area contributed by atoms with Crippen molar-refractivity contribution in [2.24, 2.45) is 5.73 Å². The van der Waals surface area contributed by atoms with E-state index in [1.54, 1.807) is 0 Å². The van der Waals surface area contributed by atoms with Crippen LogP contribution in [0.3, 0.4) is 0 Å². The van der Waals surface area contributed by atoms with Crippen LogP contribution in [-0.4, -0.2) is 48.0 Å². The van der Waals surface area contributed by atoms with Crippen LogP contribution in [0.1, 0.15) is 10.5 Å². The van der Waals surface area contributed by atoms with Gasteiger partial charge in [-0.3, -0.25) is 9.59 Å². The standard InChI is InChI=1S/C18H19N4O3/c1-22(2)8-9-25-16-5-3-4-13-12(16)10-15(20-13)11-6-7-14(17(19)23)21-18(11)24/h3-6,10,20H,8-9H2,1-2H3,(H2,19,23)(H,21,24). The molecule has 1 radical (unpaired) electrons. The van der Waals surface area contributed by atoms with Crippen molar-refractivity contribution < 1.29 is 9.53 Å². The van der Waals surface area contributed by atoms with Gasteiger partial charge in [-0.2, -0.15) is 0 Å². The van der Waals surface area contributed by atoms with Gasteiger partial charge in [-0.1, -0.05) is 6.07 Å². The summed E-state index contributed by atoms with van der Waals surface area (Å²) in [5.74, 6) is 0.0212. The normalized spacial score (nSPS) is 11.2. The lowest BCUT2D eigenvalue weighted by atomic mass is 10.1. The highest BCUT2D eigenvalue weighted by Crippen LogP contribution is 2.29. The topological polar surface area (TPSA) is 104 Å². The van der Waals surface area contributed by atoms with Crippen molar-refractivity contribution in [3.05, 3.63) is 52.4 Å². The molecule has 1 amide bonds. The van der Waals surface area contributed by atoms with Gasteiger partial charge in [-0.05, 0) is 38.4 Å². The number of ether oxygens (including phenoxy) is 1. The Bertz CT molecular complexity index is 972. The van der Waals surface area contributed by atoms with E-state index in [1.165, 1.54) is 6.07 Å². The molecule has 2 aromatic heterocycles. The molecule has 3 rings (SSSR count). The maximum atomic E-state index is 12.2. The van der Waals surface area contributed by atoms with Gasteiger partial charge in [0.2, 0.25) is 0 Å². The summed E-state index contributed by atoms with van der Waals surface area (Å²) < 4.78 is 5.84. The fourth-order valence-electron chi connectivity index (χ4n) is 2.50. The Labute approximate surface area is 144 Å². The Morgan fingerprint density at radius 1 is 1.32 bits per heavy atom. The van der Waals surface area contributed by atoms with E-state index in [0.29, 0.717) is 17.9 Å². The van der Waals surface area contributed by atoms with E-state index >= 15 is 0 Å². The Kier molecular flexibility index (Phi) is 4.58. The van der Waals surface area contributed by atoms with Crippen LogP contribution in [0, 0.1) is 6.07 Å². The highest BCUT2D eigenvalue weighted by molar-refractivity contribution is 5.92. The largest absolute Gasteiger partial charge is 0.492 e. The van der Waals surface area contributed by atoms with Gasteiger partial charge in [0.1, 0.15) is 18.1 Å². The number of benzene rings is 1. The molecule has 0 saturated heterocycles. The summed E-state index contributed by atoms with van der Waals surface area (Å²) in [5.41, 5.74) is 6.55. The summed E-state index contributed by atoms with van der Waals surface area (Å²) in [6.45, 7) is 1.37. The third-order valence-corrected chi connectivity index (χ3v) is 3.80. The number of nitrogens with two attached hydrogens (primary N) is 1. The number of carbonyl (C=O) groups excluding carboxylic acids is 1. The molecular weight excluding hydrogens is 320 g/mol. The number of carbonyl (C=O) groups is 1. The number of aromatic nitrogens is 2. The van der Waals surface area contributed by atoms with Gasteiger partial charge in [-0.25, -0.2) is 0 Å². The van der Waals surface area contributed by atoms with Gasteiger partial charge in [0.05, 0.1) is 11.3 Å². The van der Waals surface area contributed by atoms with Crippen LogP contribution in [-0.2, 0) is 0 Å².